The maximum absolute atomic E-state index is 12.1. The third kappa shape index (κ3) is 6.00. The van der Waals surface area contributed by atoms with Crippen molar-refractivity contribution in [1.82, 2.24) is 0 Å². The quantitative estimate of drug-likeness (QED) is 0.750. The van der Waals surface area contributed by atoms with E-state index in [9.17, 15) is 4.79 Å². The normalized spacial score (nSPS) is 16.3. The van der Waals surface area contributed by atoms with Crippen LogP contribution >= 0.6 is 0 Å². The minimum absolute atomic E-state index is 0.0295. The van der Waals surface area contributed by atoms with Crippen molar-refractivity contribution in [3.8, 4) is 11.5 Å². The van der Waals surface area contributed by atoms with Gasteiger partial charge in [0.05, 0.1) is 6.10 Å². The van der Waals surface area contributed by atoms with E-state index in [1.165, 1.54) is 5.56 Å². The van der Waals surface area contributed by atoms with Gasteiger partial charge in [-0.15, -0.1) is 0 Å². The van der Waals surface area contributed by atoms with E-state index in [4.69, 9.17) is 14.2 Å². The zero-order valence-corrected chi connectivity index (χ0v) is 15.9. The Morgan fingerprint density at radius 2 is 1.74 bits per heavy atom. The van der Waals surface area contributed by atoms with Crippen molar-refractivity contribution in [2.45, 2.75) is 38.7 Å². The first-order chi connectivity index (χ1) is 13.1. The number of hydrogen-bond acceptors (Lipinski definition) is 4. The Kier molecular flexibility index (Phi) is 6.71. The maximum Gasteiger partial charge on any atom is 0.262 e. The molecule has 0 bridgehead atoms. The molecule has 27 heavy (non-hydrogen) atoms. The molecule has 5 nitrogen and oxygen atoms in total. The molecule has 1 aliphatic heterocycles. The van der Waals surface area contributed by atoms with Crippen molar-refractivity contribution in [2.75, 3.05) is 25.1 Å². The molecular weight excluding hydrogens is 342 g/mol. The molecule has 2 aromatic rings. The van der Waals surface area contributed by atoms with Gasteiger partial charge in [-0.1, -0.05) is 26.0 Å². The lowest BCUT2D eigenvalue weighted by molar-refractivity contribution is -0.118. The van der Waals surface area contributed by atoms with E-state index in [2.05, 4.69) is 19.2 Å². The molecule has 144 valence electrons. The monoisotopic (exact) mass is 369 g/mol. The summed E-state index contributed by atoms with van der Waals surface area (Å²) >= 11 is 0. The number of carbonyl (C=O) groups excluding carboxylic acids is 1. The van der Waals surface area contributed by atoms with Gasteiger partial charge in [0.25, 0.3) is 5.91 Å². The van der Waals surface area contributed by atoms with Gasteiger partial charge in [-0.3, -0.25) is 4.79 Å². The predicted octanol–water partition coefficient (Wildman–Crippen LogP) is 4.39. The summed E-state index contributed by atoms with van der Waals surface area (Å²) in [6.07, 6.45) is 2.34. The van der Waals surface area contributed by atoms with Gasteiger partial charge >= 0.3 is 0 Å². The summed E-state index contributed by atoms with van der Waals surface area (Å²) < 4.78 is 16.8. The summed E-state index contributed by atoms with van der Waals surface area (Å²) in [5.74, 6) is 1.73. The van der Waals surface area contributed by atoms with Crippen LogP contribution in [0.3, 0.4) is 0 Å². The maximum atomic E-state index is 12.1. The molecule has 1 amide bonds. The van der Waals surface area contributed by atoms with Crippen LogP contribution in [-0.2, 0) is 9.53 Å². The number of ether oxygens (including phenoxy) is 3. The van der Waals surface area contributed by atoms with Gasteiger partial charge in [0.1, 0.15) is 18.1 Å². The molecule has 0 aromatic heterocycles. The fraction of sp³-hybridized carbons (Fsp3) is 0.409. The Morgan fingerprint density at radius 3 is 2.37 bits per heavy atom. The smallest absolute Gasteiger partial charge is 0.262 e. The molecule has 1 atom stereocenters. The number of carbonyl (C=O) groups is 1. The molecule has 1 saturated heterocycles. The molecule has 1 N–H and O–H groups in total. The Labute approximate surface area is 160 Å². The zero-order chi connectivity index (χ0) is 19.1. The van der Waals surface area contributed by atoms with Crippen molar-refractivity contribution >= 4 is 11.6 Å². The van der Waals surface area contributed by atoms with Gasteiger partial charge in [-0.25, -0.2) is 0 Å². The molecule has 1 aliphatic rings. The second-order valence-corrected chi connectivity index (χ2v) is 7.03. The van der Waals surface area contributed by atoms with E-state index in [0.29, 0.717) is 24.0 Å². The third-order valence-corrected chi connectivity index (χ3v) is 4.51. The number of benzene rings is 2. The lowest BCUT2D eigenvalue weighted by Gasteiger charge is -2.12. The van der Waals surface area contributed by atoms with Crippen LogP contribution in [0.1, 0.15) is 38.2 Å². The molecule has 0 radical (unpaired) electrons. The van der Waals surface area contributed by atoms with Crippen molar-refractivity contribution in [2.24, 2.45) is 0 Å². The summed E-state index contributed by atoms with van der Waals surface area (Å²) in [5.41, 5.74) is 1.96. The van der Waals surface area contributed by atoms with E-state index < -0.39 is 0 Å². The third-order valence-electron chi connectivity index (χ3n) is 4.51. The first-order valence-electron chi connectivity index (χ1n) is 9.47. The predicted molar refractivity (Wildman–Crippen MR) is 106 cm³/mol. The highest BCUT2D eigenvalue weighted by atomic mass is 16.5. The number of amides is 1. The van der Waals surface area contributed by atoms with Crippen LogP contribution in [-0.4, -0.2) is 31.8 Å². The fourth-order valence-electron chi connectivity index (χ4n) is 2.89. The van der Waals surface area contributed by atoms with Crippen LogP contribution in [0.15, 0.2) is 48.5 Å². The van der Waals surface area contributed by atoms with Crippen molar-refractivity contribution in [3.05, 3.63) is 54.1 Å². The van der Waals surface area contributed by atoms with Crippen molar-refractivity contribution in [3.63, 3.8) is 0 Å². The lowest BCUT2D eigenvalue weighted by atomic mass is 10.0. The van der Waals surface area contributed by atoms with E-state index in [1.54, 1.807) is 0 Å². The van der Waals surface area contributed by atoms with E-state index >= 15 is 0 Å². The molecule has 0 spiro atoms. The highest BCUT2D eigenvalue weighted by Gasteiger charge is 2.15. The second-order valence-electron chi connectivity index (χ2n) is 7.03. The first kappa shape index (κ1) is 19.2. The molecule has 1 fully saturated rings. The molecule has 0 unspecified atom stereocenters. The zero-order valence-electron chi connectivity index (χ0n) is 15.9. The topological polar surface area (TPSA) is 56.8 Å². The van der Waals surface area contributed by atoms with Crippen LogP contribution in [0.5, 0.6) is 11.5 Å². The summed E-state index contributed by atoms with van der Waals surface area (Å²) in [6, 6.07) is 15.2. The average molecular weight is 369 g/mol. The molecule has 0 saturated carbocycles. The van der Waals surface area contributed by atoms with Crippen LogP contribution < -0.4 is 14.8 Å². The SMILES string of the molecule is CC(C)c1ccc(OCC(=O)Nc2ccc(OC[C@@H]3CCCO3)cc2)cc1. The van der Waals surface area contributed by atoms with Crippen LogP contribution in [0, 0.1) is 0 Å². The molecule has 0 aliphatic carbocycles. The Morgan fingerprint density at radius 1 is 1.07 bits per heavy atom. The highest BCUT2D eigenvalue weighted by Crippen LogP contribution is 2.20. The molecule has 1 heterocycles. The van der Waals surface area contributed by atoms with E-state index in [0.717, 1.165) is 25.2 Å². The van der Waals surface area contributed by atoms with Crippen LogP contribution in [0.25, 0.3) is 0 Å². The number of nitrogens with one attached hydrogen (secondary N) is 1. The Hall–Kier alpha value is -2.53. The van der Waals surface area contributed by atoms with Gasteiger partial charge in [0, 0.05) is 12.3 Å². The Balaban J connectivity index is 1.41. The number of rotatable bonds is 8. The first-order valence-corrected chi connectivity index (χ1v) is 9.47. The van der Waals surface area contributed by atoms with Gasteiger partial charge in [-0.2, -0.15) is 0 Å². The molecule has 2 aromatic carbocycles. The highest BCUT2D eigenvalue weighted by molar-refractivity contribution is 5.91. The second kappa shape index (κ2) is 9.42. The average Bonchev–Trinajstić information content (AvgIpc) is 3.20. The van der Waals surface area contributed by atoms with Crippen LogP contribution in [0.4, 0.5) is 5.69 Å². The molecule has 5 heteroatoms. The van der Waals surface area contributed by atoms with Gasteiger partial charge in [0.15, 0.2) is 6.61 Å². The largest absolute Gasteiger partial charge is 0.491 e. The van der Waals surface area contributed by atoms with Crippen LogP contribution in [0.2, 0.25) is 0 Å². The van der Waals surface area contributed by atoms with Gasteiger partial charge < -0.3 is 19.5 Å². The molecule has 3 rings (SSSR count). The van der Waals surface area contributed by atoms with E-state index in [-0.39, 0.29) is 18.6 Å². The fourth-order valence-corrected chi connectivity index (χ4v) is 2.89. The number of anilines is 1. The summed E-state index contributed by atoms with van der Waals surface area (Å²) in [6.45, 7) is 5.64. The van der Waals surface area contributed by atoms with Crippen molar-refractivity contribution < 1.29 is 19.0 Å². The van der Waals surface area contributed by atoms with Crippen molar-refractivity contribution in [1.29, 1.82) is 0 Å². The minimum Gasteiger partial charge on any atom is -0.491 e. The van der Waals surface area contributed by atoms with Gasteiger partial charge in [-0.05, 0) is 60.7 Å². The Bertz CT molecular complexity index is 719. The standard InChI is InChI=1S/C22H27NO4/c1-16(2)17-5-9-19(10-6-17)27-15-22(24)23-18-7-11-20(12-8-18)26-14-21-4-3-13-25-21/h5-12,16,21H,3-4,13-15H2,1-2H3,(H,23,24)/t21-/m0/s1. The summed E-state index contributed by atoms with van der Waals surface area (Å²) in [4.78, 5) is 12.1. The number of hydrogen-bond donors (Lipinski definition) is 1. The lowest BCUT2D eigenvalue weighted by Crippen LogP contribution is -2.20. The summed E-state index contributed by atoms with van der Waals surface area (Å²) in [5, 5.41) is 2.82. The van der Waals surface area contributed by atoms with E-state index in [1.807, 2.05) is 48.5 Å². The summed E-state index contributed by atoms with van der Waals surface area (Å²) in [7, 11) is 0. The molecular formula is C22H27NO4. The minimum atomic E-state index is -0.198. The van der Waals surface area contributed by atoms with Gasteiger partial charge in [0.2, 0.25) is 0 Å².